The van der Waals surface area contributed by atoms with E-state index in [2.05, 4.69) is 6.58 Å². The van der Waals surface area contributed by atoms with Crippen LogP contribution in [0, 0.1) is 6.92 Å². The number of carbonyl (C=O) groups is 2. The van der Waals surface area contributed by atoms with Gasteiger partial charge in [-0.3, -0.25) is 4.79 Å². The van der Waals surface area contributed by atoms with Crippen molar-refractivity contribution in [2.75, 3.05) is 13.4 Å². The fourth-order valence-electron chi connectivity index (χ4n) is 3.39. The number of hydrogen-bond donors (Lipinski definition) is 1. The van der Waals surface area contributed by atoms with Crippen molar-refractivity contribution >= 4 is 22.7 Å². The molecule has 0 saturated heterocycles. The second kappa shape index (κ2) is 6.77. The summed E-state index contributed by atoms with van der Waals surface area (Å²) in [6.07, 6.45) is 1.61. The molecule has 0 saturated carbocycles. The summed E-state index contributed by atoms with van der Waals surface area (Å²) in [5.74, 6) is -0.724. The number of Topliss-reactive ketones (excluding diaryl/α,β-unsaturated/α-hetero) is 1. The van der Waals surface area contributed by atoms with Gasteiger partial charge < -0.3 is 23.9 Å². The number of aromatic nitrogens is 1. The third kappa shape index (κ3) is 2.77. The Labute approximate surface area is 160 Å². The largest absolute Gasteiger partial charge is 0.490 e. The number of hydrogen-bond acceptors (Lipinski definition) is 5. The number of rotatable bonds is 6. The van der Waals surface area contributed by atoms with E-state index >= 15 is 0 Å². The van der Waals surface area contributed by atoms with Crippen LogP contribution in [0.2, 0.25) is 0 Å². The van der Waals surface area contributed by atoms with Gasteiger partial charge in [-0.15, -0.1) is 0 Å². The highest BCUT2D eigenvalue weighted by Crippen LogP contribution is 2.37. The lowest BCUT2D eigenvalue weighted by Gasteiger charge is -2.10. The number of carbonyl (C=O) groups excluding carboxylic acids is 1. The SMILES string of the molecule is C=CCOc1ccc2c(c1)c(C(=O)C(=O)O)c(C)n2-c1ccc2c(c1)OCO2. The highest BCUT2D eigenvalue weighted by molar-refractivity contribution is 6.42. The average Bonchev–Trinajstić information content (AvgIpc) is 3.26. The maximum atomic E-state index is 12.4. The number of nitrogens with zero attached hydrogens (tertiary/aromatic N) is 1. The Balaban J connectivity index is 1.96. The van der Waals surface area contributed by atoms with Gasteiger partial charge in [-0.1, -0.05) is 12.7 Å². The van der Waals surface area contributed by atoms with Gasteiger partial charge >= 0.3 is 5.97 Å². The van der Waals surface area contributed by atoms with Gasteiger partial charge in [0.25, 0.3) is 5.78 Å². The summed E-state index contributed by atoms with van der Waals surface area (Å²) in [7, 11) is 0. The van der Waals surface area contributed by atoms with E-state index in [-0.39, 0.29) is 12.4 Å². The van der Waals surface area contributed by atoms with Crippen LogP contribution in [0.25, 0.3) is 16.6 Å². The first kappa shape index (κ1) is 17.7. The molecule has 0 amide bonds. The lowest BCUT2D eigenvalue weighted by Crippen LogP contribution is -2.14. The van der Waals surface area contributed by atoms with Crippen molar-refractivity contribution in [3.8, 4) is 22.9 Å². The van der Waals surface area contributed by atoms with Crippen LogP contribution in [0.3, 0.4) is 0 Å². The molecular weight excluding hydrogens is 362 g/mol. The van der Waals surface area contributed by atoms with Crippen molar-refractivity contribution in [3.05, 3.63) is 60.3 Å². The Morgan fingerprint density at radius 2 is 2.00 bits per heavy atom. The Kier molecular flexibility index (Phi) is 4.27. The fourth-order valence-corrected chi connectivity index (χ4v) is 3.39. The van der Waals surface area contributed by atoms with Crippen molar-refractivity contribution in [2.24, 2.45) is 0 Å². The molecule has 0 spiro atoms. The lowest BCUT2D eigenvalue weighted by molar-refractivity contribution is -0.131. The minimum atomic E-state index is -1.51. The van der Waals surface area contributed by atoms with Crippen LogP contribution in [0.4, 0.5) is 0 Å². The number of carboxylic acids is 1. The molecule has 142 valence electrons. The molecule has 0 radical (unpaired) electrons. The molecule has 3 aromatic rings. The van der Waals surface area contributed by atoms with Crippen molar-refractivity contribution < 1.29 is 28.9 Å². The second-order valence-electron chi connectivity index (χ2n) is 6.25. The minimum Gasteiger partial charge on any atom is -0.490 e. The maximum absolute atomic E-state index is 12.4. The molecule has 1 aliphatic heterocycles. The van der Waals surface area contributed by atoms with Crippen molar-refractivity contribution in [2.45, 2.75) is 6.92 Å². The molecule has 0 fully saturated rings. The molecule has 7 nitrogen and oxygen atoms in total. The number of carboxylic acid groups (broad SMARTS) is 1. The maximum Gasteiger partial charge on any atom is 0.377 e. The van der Waals surface area contributed by atoms with E-state index in [0.717, 1.165) is 5.69 Å². The van der Waals surface area contributed by atoms with E-state index in [4.69, 9.17) is 14.2 Å². The van der Waals surface area contributed by atoms with Crippen LogP contribution in [0.5, 0.6) is 17.2 Å². The molecule has 1 aromatic heterocycles. The zero-order chi connectivity index (χ0) is 19.8. The smallest absolute Gasteiger partial charge is 0.377 e. The van der Waals surface area contributed by atoms with Crippen LogP contribution >= 0.6 is 0 Å². The van der Waals surface area contributed by atoms with Gasteiger partial charge in [0.2, 0.25) is 6.79 Å². The third-order valence-corrected chi connectivity index (χ3v) is 4.58. The number of ketones is 1. The molecule has 0 atom stereocenters. The van der Waals surface area contributed by atoms with Gasteiger partial charge in [0.1, 0.15) is 12.4 Å². The van der Waals surface area contributed by atoms with Crippen LogP contribution < -0.4 is 14.2 Å². The molecule has 0 bridgehead atoms. The normalized spacial score (nSPS) is 12.2. The van der Waals surface area contributed by atoms with Gasteiger partial charge in [-0.25, -0.2) is 4.79 Å². The minimum absolute atomic E-state index is 0.129. The summed E-state index contributed by atoms with van der Waals surface area (Å²) in [6.45, 7) is 5.77. The first-order chi connectivity index (χ1) is 13.5. The van der Waals surface area contributed by atoms with Gasteiger partial charge in [0.05, 0.1) is 11.1 Å². The molecule has 1 N–H and O–H groups in total. The average molecular weight is 379 g/mol. The zero-order valence-electron chi connectivity index (χ0n) is 15.1. The van der Waals surface area contributed by atoms with Crippen LogP contribution in [0.1, 0.15) is 16.1 Å². The summed E-state index contributed by atoms with van der Waals surface area (Å²) in [6, 6.07) is 10.6. The lowest BCUT2D eigenvalue weighted by atomic mass is 10.1. The fraction of sp³-hybridized carbons (Fsp3) is 0.143. The molecule has 0 unspecified atom stereocenters. The summed E-state index contributed by atoms with van der Waals surface area (Å²) >= 11 is 0. The number of benzene rings is 2. The van der Waals surface area contributed by atoms with Crippen molar-refractivity contribution in [1.29, 1.82) is 0 Å². The summed E-state index contributed by atoms with van der Waals surface area (Å²) in [5, 5.41) is 9.80. The summed E-state index contributed by atoms with van der Waals surface area (Å²) in [5.41, 5.74) is 2.06. The van der Waals surface area contributed by atoms with E-state index in [9.17, 15) is 14.7 Å². The predicted molar refractivity (Wildman–Crippen MR) is 102 cm³/mol. The summed E-state index contributed by atoms with van der Waals surface area (Å²) < 4.78 is 18.2. The van der Waals surface area contributed by atoms with E-state index in [1.807, 2.05) is 10.6 Å². The standard InChI is InChI=1S/C21H17NO6/c1-3-8-26-14-5-6-16-15(10-14)19(20(23)21(24)25)12(2)22(16)13-4-7-17-18(9-13)28-11-27-17/h3-7,9-10H,1,8,11H2,2H3,(H,24,25). The number of ether oxygens (including phenoxy) is 3. The molecule has 7 heteroatoms. The van der Waals surface area contributed by atoms with Crippen LogP contribution in [-0.4, -0.2) is 34.8 Å². The highest BCUT2D eigenvalue weighted by Gasteiger charge is 2.26. The van der Waals surface area contributed by atoms with Gasteiger partial charge in [0, 0.05) is 22.8 Å². The Morgan fingerprint density at radius 1 is 1.21 bits per heavy atom. The van der Waals surface area contributed by atoms with E-state index in [1.165, 1.54) is 0 Å². The number of aliphatic carboxylic acids is 1. The molecule has 2 heterocycles. The predicted octanol–water partition coefficient (Wildman–Crippen LogP) is 3.50. The van der Waals surface area contributed by atoms with E-state index < -0.39 is 11.8 Å². The topological polar surface area (TPSA) is 87.0 Å². The summed E-state index contributed by atoms with van der Waals surface area (Å²) in [4.78, 5) is 23.8. The molecule has 2 aromatic carbocycles. The first-order valence-corrected chi connectivity index (χ1v) is 8.57. The third-order valence-electron chi connectivity index (χ3n) is 4.58. The second-order valence-corrected chi connectivity index (χ2v) is 6.25. The van der Waals surface area contributed by atoms with E-state index in [1.54, 1.807) is 43.3 Å². The Morgan fingerprint density at radius 3 is 2.75 bits per heavy atom. The molecule has 4 rings (SSSR count). The number of fused-ring (bicyclic) bond motifs is 2. The molecule has 0 aliphatic carbocycles. The van der Waals surface area contributed by atoms with Crippen LogP contribution in [0.15, 0.2) is 49.1 Å². The Bertz CT molecular complexity index is 1130. The molecule has 1 aliphatic rings. The van der Waals surface area contributed by atoms with Crippen molar-refractivity contribution in [1.82, 2.24) is 4.57 Å². The first-order valence-electron chi connectivity index (χ1n) is 8.57. The van der Waals surface area contributed by atoms with E-state index in [0.29, 0.717) is 40.5 Å². The molecular formula is C21H17NO6. The van der Waals surface area contributed by atoms with Crippen LogP contribution in [-0.2, 0) is 4.79 Å². The van der Waals surface area contributed by atoms with Gasteiger partial charge in [-0.2, -0.15) is 0 Å². The molecule has 28 heavy (non-hydrogen) atoms. The van der Waals surface area contributed by atoms with Gasteiger partial charge in [0.15, 0.2) is 11.5 Å². The quantitative estimate of drug-likeness (QED) is 0.401. The highest BCUT2D eigenvalue weighted by atomic mass is 16.7. The van der Waals surface area contributed by atoms with Gasteiger partial charge in [-0.05, 0) is 37.3 Å². The van der Waals surface area contributed by atoms with Crippen molar-refractivity contribution in [3.63, 3.8) is 0 Å². The monoisotopic (exact) mass is 379 g/mol. The Hall–Kier alpha value is -3.74. The zero-order valence-corrected chi connectivity index (χ0v) is 15.1.